The molecule has 4 aromatic rings. The Morgan fingerprint density at radius 3 is 2.62 bits per heavy atom. The van der Waals surface area contributed by atoms with Gasteiger partial charge in [0.15, 0.2) is 11.3 Å². The van der Waals surface area contributed by atoms with Crippen molar-refractivity contribution in [1.29, 1.82) is 0 Å². The molecule has 2 atom stereocenters. The monoisotopic (exact) mass is 469 g/mol. The number of hydrogen-bond acceptors (Lipinski definition) is 5. The number of alkyl halides is 1. The summed E-state index contributed by atoms with van der Waals surface area (Å²) in [5.41, 5.74) is 4.56. The molecule has 34 heavy (non-hydrogen) atoms. The topological polar surface area (TPSA) is 106 Å². The van der Waals surface area contributed by atoms with Crippen LogP contribution in [-0.2, 0) is 0 Å². The van der Waals surface area contributed by atoms with E-state index in [-0.39, 0.29) is 22.6 Å². The Balaban J connectivity index is 1.57. The molecule has 0 aliphatic carbocycles. The van der Waals surface area contributed by atoms with Crippen LogP contribution in [0.15, 0.2) is 54.7 Å². The normalized spacial score (nSPS) is 14.1. The summed E-state index contributed by atoms with van der Waals surface area (Å²) in [5, 5.41) is 16.7. The van der Waals surface area contributed by atoms with Gasteiger partial charge in [0.25, 0.3) is 5.91 Å². The smallest absolute Gasteiger partial charge is 0.254 e. The Kier molecular flexibility index (Phi) is 6.01. The second kappa shape index (κ2) is 8.79. The molecule has 0 saturated carbocycles. The molecule has 4 rings (SSSR count). The second-order valence-electron chi connectivity index (χ2n) is 8.22. The van der Waals surface area contributed by atoms with Gasteiger partial charge in [0, 0.05) is 11.8 Å². The number of aliphatic hydroxyl groups is 1. The zero-order chi connectivity index (χ0) is 24.6. The van der Waals surface area contributed by atoms with E-state index in [0.29, 0.717) is 16.8 Å². The van der Waals surface area contributed by atoms with Crippen LogP contribution >= 0.6 is 0 Å². The number of pyridine rings is 1. The fraction of sp³-hybridized carbons (Fsp3) is 0.208. The van der Waals surface area contributed by atoms with E-state index >= 15 is 8.78 Å². The van der Waals surface area contributed by atoms with Crippen LogP contribution in [0.1, 0.15) is 34.5 Å². The highest BCUT2D eigenvalue weighted by Crippen LogP contribution is 2.30. The van der Waals surface area contributed by atoms with Gasteiger partial charge in [-0.3, -0.25) is 4.79 Å². The maximum Gasteiger partial charge on any atom is 0.254 e. The minimum atomic E-state index is -2.30. The van der Waals surface area contributed by atoms with Crippen LogP contribution in [0.2, 0.25) is 0 Å². The maximum absolute atomic E-state index is 15.4. The molecule has 10 heteroatoms. The molecule has 2 aromatic heterocycles. The summed E-state index contributed by atoms with van der Waals surface area (Å²) in [4.78, 5) is 16.9. The fourth-order valence-corrected chi connectivity index (χ4v) is 3.67. The standard InChI is InChI=1S/C24H22F3N5O2/c1-13-3-8-17(15-9-10-32-18(11-15)30-23(28)31-32)20(26)19(13)22(34)29-12-24(2,27)21(33)14-4-6-16(25)7-5-14/h3-11,21,33H,12H2,1-2H3,(H2,28,31)(H,29,34)/t21-,24+/m1/s1. The van der Waals surface area contributed by atoms with Crippen molar-refractivity contribution in [3.05, 3.63) is 83.1 Å². The number of nitrogens with one attached hydrogen (secondary N) is 1. The summed E-state index contributed by atoms with van der Waals surface area (Å²) < 4.78 is 45.2. The first kappa shape index (κ1) is 23.2. The lowest BCUT2D eigenvalue weighted by atomic mass is 9.94. The lowest BCUT2D eigenvalue weighted by Crippen LogP contribution is -2.42. The van der Waals surface area contributed by atoms with E-state index in [9.17, 15) is 14.3 Å². The lowest BCUT2D eigenvalue weighted by molar-refractivity contribution is 0.00351. The summed E-state index contributed by atoms with van der Waals surface area (Å²) in [7, 11) is 0. The molecule has 0 saturated heterocycles. The van der Waals surface area contributed by atoms with Crippen LogP contribution < -0.4 is 11.1 Å². The van der Waals surface area contributed by atoms with Crippen molar-refractivity contribution in [3.8, 4) is 11.1 Å². The van der Waals surface area contributed by atoms with Gasteiger partial charge in [-0.1, -0.05) is 24.3 Å². The summed E-state index contributed by atoms with van der Waals surface area (Å²) in [6.07, 6.45) is -0.0636. The first-order valence-corrected chi connectivity index (χ1v) is 10.4. The van der Waals surface area contributed by atoms with Gasteiger partial charge in [-0.15, -0.1) is 5.10 Å². The van der Waals surface area contributed by atoms with Gasteiger partial charge in [0.05, 0.1) is 12.1 Å². The lowest BCUT2D eigenvalue weighted by Gasteiger charge is -2.27. The number of aryl methyl sites for hydroxylation is 1. The number of rotatable bonds is 6. The van der Waals surface area contributed by atoms with Crippen molar-refractivity contribution in [2.75, 3.05) is 12.3 Å². The van der Waals surface area contributed by atoms with E-state index in [1.165, 1.54) is 22.7 Å². The molecule has 7 nitrogen and oxygen atoms in total. The number of carbonyl (C=O) groups is 1. The van der Waals surface area contributed by atoms with Gasteiger partial charge in [-0.05, 0) is 54.8 Å². The largest absolute Gasteiger partial charge is 0.385 e. The molecule has 0 aliphatic rings. The van der Waals surface area contributed by atoms with E-state index in [1.54, 1.807) is 31.3 Å². The van der Waals surface area contributed by atoms with Gasteiger partial charge in [0.2, 0.25) is 5.95 Å². The highest BCUT2D eigenvalue weighted by Gasteiger charge is 2.35. The number of benzene rings is 2. The van der Waals surface area contributed by atoms with Crippen molar-refractivity contribution in [2.45, 2.75) is 25.6 Å². The van der Waals surface area contributed by atoms with Crippen LogP contribution in [0.4, 0.5) is 19.1 Å². The van der Waals surface area contributed by atoms with Crippen LogP contribution in [0.3, 0.4) is 0 Å². The van der Waals surface area contributed by atoms with E-state index in [0.717, 1.165) is 19.1 Å². The third kappa shape index (κ3) is 4.44. The van der Waals surface area contributed by atoms with Crippen molar-refractivity contribution < 1.29 is 23.1 Å². The van der Waals surface area contributed by atoms with E-state index in [1.807, 2.05) is 0 Å². The third-order valence-corrected chi connectivity index (χ3v) is 5.59. The molecule has 1 amide bonds. The summed E-state index contributed by atoms with van der Waals surface area (Å²) in [5.74, 6) is -2.07. The van der Waals surface area contributed by atoms with Gasteiger partial charge in [0.1, 0.15) is 17.7 Å². The Bertz CT molecular complexity index is 1370. The highest BCUT2D eigenvalue weighted by atomic mass is 19.1. The highest BCUT2D eigenvalue weighted by molar-refractivity contribution is 5.97. The number of hydrogen-bond donors (Lipinski definition) is 3. The molecule has 0 radical (unpaired) electrons. The zero-order valence-corrected chi connectivity index (χ0v) is 18.4. The molecular weight excluding hydrogens is 447 g/mol. The molecule has 4 N–H and O–H groups in total. The maximum atomic E-state index is 15.4. The molecule has 0 spiro atoms. The number of nitrogens with two attached hydrogens (primary N) is 1. The van der Waals surface area contributed by atoms with Gasteiger partial charge in [-0.2, -0.15) is 4.98 Å². The summed E-state index contributed by atoms with van der Waals surface area (Å²) >= 11 is 0. The summed E-state index contributed by atoms with van der Waals surface area (Å²) in [6.45, 7) is 2.06. The van der Waals surface area contributed by atoms with Crippen LogP contribution in [-0.4, -0.2) is 37.8 Å². The number of anilines is 1. The number of nitrogens with zero attached hydrogens (tertiary/aromatic N) is 3. The van der Waals surface area contributed by atoms with Crippen LogP contribution in [0.25, 0.3) is 16.8 Å². The first-order valence-electron chi connectivity index (χ1n) is 10.4. The summed E-state index contributed by atoms with van der Waals surface area (Å²) in [6, 6.07) is 11.0. The minimum absolute atomic E-state index is 0.0682. The van der Waals surface area contributed by atoms with E-state index < -0.39 is 35.9 Å². The molecule has 2 heterocycles. The Morgan fingerprint density at radius 2 is 1.91 bits per heavy atom. The molecule has 0 unspecified atom stereocenters. The number of fused-ring (bicyclic) bond motifs is 1. The number of carbonyl (C=O) groups excluding carboxylic acids is 1. The Hall–Kier alpha value is -3.92. The molecule has 176 valence electrons. The minimum Gasteiger partial charge on any atom is -0.385 e. The SMILES string of the molecule is Cc1ccc(-c2ccn3nc(N)nc3c2)c(F)c1C(=O)NC[C@](C)(F)[C@H](O)c1ccc(F)cc1. The van der Waals surface area contributed by atoms with Gasteiger partial charge < -0.3 is 16.2 Å². The number of nitrogen functional groups attached to an aromatic ring is 1. The molecule has 0 fully saturated rings. The second-order valence-corrected chi connectivity index (χ2v) is 8.22. The molecule has 0 bridgehead atoms. The first-order chi connectivity index (χ1) is 16.1. The predicted molar refractivity (Wildman–Crippen MR) is 121 cm³/mol. The zero-order valence-electron chi connectivity index (χ0n) is 18.4. The third-order valence-electron chi connectivity index (χ3n) is 5.59. The van der Waals surface area contributed by atoms with Crippen molar-refractivity contribution in [1.82, 2.24) is 19.9 Å². The number of halogens is 3. The van der Waals surface area contributed by atoms with Gasteiger partial charge in [-0.25, -0.2) is 17.7 Å². The quantitative estimate of drug-likeness (QED) is 0.399. The van der Waals surface area contributed by atoms with Crippen LogP contribution in [0, 0.1) is 18.6 Å². The van der Waals surface area contributed by atoms with Crippen molar-refractivity contribution in [2.24, 2.45) is 0 Å². The number of aromatic nitrogens is 3. The van der Waals surface area contributed by atoms with E-state index in [4.69, 9.17) is 5.73 Å². The van der Waals surface area contributed by atoms with Crippen molar-refractivity contribution in [3.63, 3.8) is 0 Å². The Labute approximate surface area is 193 Å². The predicted octanol–water partition coefficient (Wildman–Crippen LogP) is 3.76. The van der Waals surface area contributed by atoms with Crippen LogP contribution in [0.5, 0.6) is 0 Å². The fourth-order valence-electron chi connectivity index (χ4n) is 3.67. The Morgan fingerprint density at radius 1 is 1.21 bits per heavy atom. The number of aliphatic hydroxyl groups excluding tert-OH is 1. The molecule has 2 aromatic carbocycles. The molecular formula is C24H22F3N5O2. The average Bonchev–Trinajstić information content (AvgIpc) is 3.17. The molecule has 0 aliphatic heterocycles. The average molecular weight is 469 g/mol. The van der Waals surface area contributed by atoms with E-state index in [2.05, 4.69) is 15.4 Å². The number of amides is 1. The van der Waals surface area contributed by atoms with Crippen molar-refractivity contribution >= 4 is 17.5 Å². The van der Waals surface area contributed by atoms with Gasteiger partial charge >= 0.3 is 0 Å².